The van der Waals surface area contributed by atoms with Crippen molar-refractivity contribution in [2.24, 2.45) is 5.92 Å². The highest BCUT2D eigenvalue weighted by atomic mass is 16.5. The molecule has 0 aliphatic carbocycles. The average Bonchev–Trinajstić information content (AvgIpc) is 2.67. The molecule has 1 heterocycles. The maximum Gasteiger partial charge on any atom is 0.228 e. The Hall–Kier alpha value is -2.55. The molecule has 25 heavy (non-hydrogen) atoms. The first-order valence-electron chi connectivity index (χ1n) is 8.84. The highest BCUT2D eigenvalue weighted by molar-refractivity contribution is 5.86. The Morgan fingerprint density at radius 1 is 1.12 bits per heavy atom. The van der Waals surface area contributed by atoms with Gasteiger partial charge in [-0.2, -0.15) is 0 Å². The van der Waals surface area contributed by atoms with Gasteiger partial charge in [0.2, 0.25) is 5.91 Å². The Morgan fingerprint density at radius 3 is 2.48 bits per heavy atom. The number of β-lactam (4-membered cyclic amide) rings is 1. The third-order valence-electron chi connectivity index (χ3n) is 4.92. The lowest BCUT2D eigenvalue weighted by Gasteiger charge is -2.47. The second kappa shape index (κ2) is 8.02. The van der Waals surface area contributed by atoms with Crippen molar-refractivity contribution in [3.63, 3.8) is 0 Å². The largest absolute Gasteiger partial charge is 0.497 e. The molecule has 1 amide bonds. The van der Waals surface area contributed by atoms with Crippen LogP contribution in [0.15, 0.2) is 67.3 Å². The van der Waals surface area contributed by atoms with Crippen molar-refractivity contribution in [2.75, 3.05) is 13.7 Å². The number of amides is 1. The maximum atomic E-state index is 12.6. The normalized spacial score (nSPS) is 19.4. The van der Waals surface area contributed by atoms with E-state index in [0.717, 1.165) is 25.0 Å². The van der Waals surface area contributed by atoms with Crippen LogP contribution in [0.5, 0.6) is 5.75 Å². The van der Waals surface area contributed by atoms with Gasteiger partial charge in [0, 0.05) is 6.54 Å². The molecule has 3 rings (SSSR count). The van der Waals surface area contributed by atoms with Crippen LogP contribution >= 0.6 is 0 Å². The average molecular weight is 335 g/mol. The molecule has 1 aliphatic heterocycles. The van der Waals surface area contributed by atoms with Gasteiger partial charge < -0.3 is 9.64 Å². The van der Waals surface area contributed by atoms with Crippen LogP contribution in [0.1, 0.15) is 30.0 Å². The van der Waals surface area contributed by atoms with Crippen molar-refractivity contribution in [2.45, 2.75) is 25.3 Å². The van der Waals surface area contributed by atoms with Gasteiger partial charge in [-0.05, 0) is 42.5 Å². The zero-order valence-corrected chi connectivity index (χ0v) is 14.7. The Labute approximate surface area is 149 Å². The second-order valence-corrected chi connectivity index (χ2v) is 6.48. The third-order valence-corrected chi connectivity index (χ3v) is 4.92. The summed E-state index contributed by atoms with van der Waals surface area (Å²) >= 11 is 0. The first-order valence-corrected chi connectivity index (χ1v) is 8.84. The number of likely N-dealkylation sites (tertiary alicyclic amines) is 1. The summed E-state index contributed by atoms with van der Waals surface area (Å²) in [5, 5.41) is 0. The van der Waals surface area contributed by atoms with Crippen molar-refractivity contribution in [1.29, 1.82) is 0 Å². The minimum atomic E-state index is 0.0667. The molecule has 0 aromatic heterocycles. The summed E-state index contributed by atoms with van der Waals surface area (Å²) in [6.45, 7) is 4.39. The predicted molar refractivity (Wildman–Crippen MR) is 101 cm³/mol. The molecular formula is C22H25NO2. The van der Waals surface area contributed by atoms with Gasteiger partial charge in [0.1, 0.15) is 5.75 Å². The summed E-state index contributed by atoms with van der Waals surface area (Å²) in [4.78, 5) is 14.5. The zero-order chi connectivity index (χ0) is 17.6. The number of methoxy groups -OCH3 is 1. The minimum absolute atomic E-state index is 0.0667. The van der Waals surface area contributed by atoms with Gasteiger partial charge in [-0.15, -0.1) is 6.58 Å². The monoisotopic (exact) mass is 335 g/mol. The molecule has 2 atom stereocenters. The molecule has 0 bridgehead atoms. The Morgan fingerprint density at radius 2 is 1.84 bits per heavy atom. The first kappa shape index (κ1) is 17.3. The molecule has 0 N–H and O–H groups in total. The molecule has 1 fully saturated rings. The summed E-state index contributed by atoms with van der Waals surface area (Å²) in [6, 6.07) is 18.7. The van der Waals surface area contributed by atoms with E-state index in [-0.39, 0.29) is 17.9 Å². The van der Waals surface area contributed by atoms with E-state index >= 15 is 0 Å². The molecule has 0 radical (unpaired) electrons. The van der Waals surface area contributed by atoms with Gasteiger partial charge in [0.05, 0.1) is 19.1 Å². The number of benzene rings is 2. The van der Waals surface area contributed by atoms with Gasteiger partial charge in [-0.25, -0.2) is 0 Å². The lowest BCUT2D eigenvalue weighted by Crippen LogP contribution is -2.54. The van der Waals surface area contributed by atoms with Crippen LogP contribution in [0.4, 0.5) is 0 Å². The van der Waals surface area contributed by atoms with Crippen molar-refractivity contribution < 1.29 is 9.53 Å². The summed E-state index contributed by atoms with van der Waals surface area (Å²) in [5.41, 5.74) is 2.50. The molecule has 0 unspecified atom stereocenters. The van der Waals surface area contributed by atoms with E-state index in [2.05, 4.69) is 43.0 Å². The number of aryl methyl sites for hydroxylation is 1. The van der Waals surface area contributed by atoms with Gasteiger partial charge in [0.15, 0.2) is 0 Å². The van der Waals surface area contributed by atoms with E-state index in [4.69, 9.17) is 4.74 Å². The highest BCUT2D eigenvalue weighted by Crippen LogP contribution is 2.42. The van der Waals surface area contributed by atoms with E-state index in [1.807, 2.05) is 23.1 Å². The van der Waals surface area contributed by atoms with Crippen LogP contribution in [-0.4, -0.2) is 24.5 Å². The van der Waals surface area contributed by atoms with Gasteiger partial charge >= 0.3 is 0 Å². The van der Waals surface area contributed by atoms with E-state index in [0.29, 0.717) is 6.54 Å². The number of carbonyl (C=O) groups is 1. The maximum absolute atomic E-state index is 12.6. The predicted octanol–water partition coefficient (Wildman–Crippen LogP) is 4.40. The molecular weight excluding hydrogens is 310 g/mol. The zero-order valence-electron chi connectivity index (χ0n) is 14.7. The molecule has 0 saturated carbocycles. The van der Waals surface area contributed by atoms with Gasteiger partial charge in [0.25, 0.3) is 0 Å². The highest BCUT2D eigenvalue weighted by Gasteiger charge is 2.46. The van der Waals surface area contributed by atoms with Crippen LogP contribution in [-0.2, 0) is 11.2 Å². The standard InChI is InChI=1S/C22H25NO2/c1-3-16-23-21(18-12-14-19(25-2)15-13-18)20(22(23)24)11-7-10-17-8-5-4-6-9-17/h3-6,8-9,12-15,20-21H,1,7,10-11,16H2,2H3/t20-,21-/m0/s1. The quantitative estimate of drug-likeness (QED) is 0.528. The fourth-order valence-corrected chi connectivity index (χ4v) is 3.63. The molecule has 3 nitrogen and oxygen atoms in total. The van der Waals surface area contributed by atoms with Crippen LogP contribution < -0.4 is 4.74 Å². The number of rotatable bonds is 8. The molecule has 1 saturated heterocycles. The topological polar surface area (TPSA) is 29.5 Å². The van der Waals surface area contributed by atoms with Crippen LogP contribution in [0, 0.1) is 5.92 Å². The van der Waals surface area contributed by atoms with E-state index in [1.165, 1.54) is 11.1 Å². The Kier molecular flexibility index (Phi) is 5.54. The lowest BCUT2D eigenvalue weighted by atomic mass is 9.79. The number of hydrogen-bond donors (Lipinski definition) is 0. The second-order valence-electron chi connectivity index (χ2n) is 6.48. The van der Waals surface area contributed by atoms with Gasteiger partial charge in [-0.1, -0.05) is 48.5 Å². The van der Waals surface area contributed by atoms with Crippen molar-refractivity contribution in [3.8, 4) is 5.75 Å². The summed E-state index contributed by atoms with van der Waals surface area (Å²) in [7, 11) is 1.66. The fraction of sp³-hybridized carbons (Fsp3) is 0.318. The van der Waals surface area contributed by atoms with E-state index in [1.54, 1.807) is 13.2 Å². The molecule has 2 aromatic rings. The number of ether oxygens (including phenoxy) is 1. The Bertz CT molecular complexity index is 709. The van der Waals surface area contributed by atoms with Crippen molar-refractivity contribution in [3.05, 3.63) is 78.4 Å². The third kappa shape index (κ3) is 3.76. The molecule has 130 valence electrons. The molecule has 2 aromatic carbocycles. The fourth-order valence-electron chi connectivity index (χ4n) is 3.63. The molecule has 3 heteroatoms. The number of nitrogens with zero attached hydrogens (tertiary/aromatic N) is 1. The number of carbonyl (C=O) groups excluding carboxylic acids is 1. The smallest absolute Gasteiger partial charge is 0.228 e. The van der Waals surface area contributed by atoms with E-state index < -0.39 is 0 Å². The summed E-state index contributed by atoms with van der Waals surface area (Å²) in [6.07, 6.45) is 4.75. The van der Waals surface area contributed by atoms with Crippen molar-refractivity contribution in [1.82, 2.24) is 4.90 Å². The summed E-state index contributed by atoms with van der Waals surface area (Å²) < 4.78 is 5.24. The van der Waals surface area contributed by atoms with Crippen LogP contribution in [0.3, 0.4) is 0 Å². The molecule has 1 aliphatic rings. The minimum Gasteiger partial charge on any atom is -0.497 e. The molecule has 0 spiro atoms. The summed E-state index contributed by atoms with van der Waals surface area (Å²) in [5.74, 6) is 1.15. The lowest BCUT2D eigenvalue weighted by molar-refractivity contribution is -0.156. The van der Waals surface area contributed by atoms with E-state index in [9.17, 15) is 4.79 Å². The van der Waals surface area contributed by atoms with Crippen molar-refractivity contribution >= 4 is 5.91 Å². The first-order chi connectivity index (χ1) is 12.2. The number of hydrogen-bond acceptors (Lipinski definition) is 2. The van der Waals surface area contributed by atoms with Crippen LogP contribution in [0.25, 0.3) is 0 Å². The van der Waals surface area contributed by atoms with Gasteiger partial charge in [-0.3, -0.25) is 4.79 Å². The Balaban J connectivity index is 1.67. The SMILES string of the molecule is C=CCN1C(=O)[C@@H](CCCc2ccccc2)[C@@H]1c1ccc(OC)cc1. The van der Waals surface area contributed by atoms with Crippen LogP contribution in [0.2, 0.25) is 0 Å².